The first-order valence-electron chi connectivity index (χ1n) is 18.9. The topological polar surface area (TPSA) is 229 Å². The molecule has 3 aliphatic heterocycles. The van der Waals surface area contributed by atoms with Crippen molar-refractivity contribution < 1.29 is 54.1 Å². The fraction of sp³-hybridized carbons (Fsp3) is 0.450. The molecule has 4 heterocycles. The van der Waals surface area contributed by atoms with Gasteiger partial charge >= 0.3 is 0 Å². The lowest BCUT2D eigenvalue weighted by atomic mass is 9.82. The van der Waals surface area contributed by atoms with Crippen LogP contribution < -0.4 is 15.0 Å². The van der Waals surface area contributed by atoms with Crippen LogP contribution in [-0.2, 0) is 37.8 Å². The molecular weight excluding hydrogens is 755 g/mol. The molecule has 16 nitrogen and oxygen atoms in total. The number of ether oxygens (including phenoxy) is 3. The highest BCUT2D eigenvalue weighted by atomic mass is 28.4. The Labute approximate surface area is 330 Å². The summed E-state index contributed by atoms with van der Waals surface area (Å²) in [4.78, 5) is 41.2. The van der Waals surface area contributed by atoms with Crippen LogP contribution in [0, 0.1) is 5.92 Å². The molecule has 0 radical (unpaired) electrons. The minimum absolute atomic E-state index is 0.131. The number of aliphatic hydroxyl groups excluding tert-OH is 5. The number of anilines is 2. The molecule has 1 unspecified atom stereocenters. The molecule has 304 valence electrons. The predicted octanol–water partition coefficient (Wildman–Crippen LogP) is 1.58. The Morgan fingerprint density at radius 2 is 1.74 bits per heavy atom. The van der Waals surface area contributed by atoms with Crippen LogP contribution in [0.3, 0.4) is 0 Å². The lowest BCUT2D eigenvalue weighted by Gasteiger charge is -2.37. The highest BCUT2D eigenvalue weighted by molar-refractivity contribution is 6.71. The van der Waals surface area contributed by atoms with Gasteiger partial charge in [-0.05, 0) is 61.0 Å². The number of rotatable bonds is 12. The summed E-state index contributed by atoms with van der Waals surface area (Å²) >= 11 is 0. The van der Waals surface area contributed by atoms with Crippen LogP contribution in [0.25, 0.3) is 0 Å². The summed E-state index contributed by atoms with van der Waals surface area (Å²) < 4.78 is 19.3. The van der Waals surface area contributed by atoms with Crippen molar-refractivity contribution in [2.24, 2.45) is 5.92 Å². The number of hydrogen-bond acceptors (Lipinski definition) is 13. The quantitative estimate of drug-likeness (QED) is 0.101. The Morgan fingerprint density at radius 3 is 2.40 bits per heavy atom. The van der Waals surface area contributed by atoms with Crippen LogP contribution in [0.1, 0.15) is 41.6 Å². The van der Waals surface area contributed by atoms with E-state index in [1.807, 2.05) is 68.7 Å². The molecule has 0 aliphatic carbocycles. The number of nitrogens with one attached hydrogen (secondary N) is 1. The van der Waals surface area contributed by atoms with Crippen molar-refractivity contribution in [2.75, 3.05) is 23.9 Å². The molecule has 17 heteroatoms. The average molecular weight is 804 g/mol. The summed E-state index contributed by atoms with van der Waals surface area (Å²) in [6.07, 6.45) is -7.08. The third-order valence-corrected chi connectivity index (χ3v) is 14.0. The second-order valence-electron chi connectivity index (χ2n) is 15.6. The summed E-state index contributed by atoms with van der Waals surface area (Å²) in [5.41, 5.74) is 2.12. The minimum atomic E-state index is -2.97. The van der Waals surface area contributed by atoms with Gasteiger partial charge in [0.1, 0.15) is 24.1 Å². The zero-order valence-corrected chi connectivity index (χ0v) is 33.0. The molecule has 0 bridgehead atoms. The molecule has 1 aromatic heterocycles. The fourth-order valence-electron chi connectivity index (χ4n) is 8.67. The van der Waals surface area contributed by atoms with Gasteiger partial charge in [-0.2, -0.15) is 0 Å². The second kappa shape index (κ2) is 16.0. The van der Waals surface area contributed by atoms with Crippen LogP contribution >= 0.6 is 0 Å². The van der Waals surface area contributed by atoms with Gasteiger partial charge in [0.05, 0.1) is 43.7 Å². The van der Waals surface area contributed by atoms with Crippen LogP contribution in [0.15, 0.2) is 79.0 Å². The zero-order chi connectivity index (χ0) is 40.8. The molecular formula is C40H49N5O11Si. The third-order valence-electron chi connectivity index (χ3n) is 11.5. The number of aliphatic hydroxyl groups is 5. The van der Waals surface area contributed by atoms with E-state index in [0.717, 1.165) is 11.1 Å². The Kier molecular flexibility index (Phi) is 11.4. The molecule has 2 amide bonds. The molecule has 10 atom stereocenters. The average Bonchev–Trinajstić information content (AvgIpc) is 3.85. The van der Waals surface area contributed by atoms with E-state index in [1.54, 1.807) is 47.0 Å². The number of aromatic nitrogens is 3. The number of carbonyl (C=O) groups is 2. The van der Waals surface area contributed by atoms with Crippen LogP contribution in [0.4, 0.5) is 11.4 Å². The molecule has 7 N–H and O–H groups in total. The van der Waals surface area contributed by atoms with Gasteiger partial charge in [0.15, 0.2) is 26.3 Å². The molecule has 57 heavy (non-hydrogen) atoms. The first-order valence-corrected chi connectivity index (χ1v) is 21.9. The Morgan fingerprint density at radius 1 is 1.02 bits per heavy atom. The smallest absolute Gasteiger partial charge is 0.264 e. The summed E-state index contributed by atoms with van der Waals surface area (Å²) in [5.74, 6) is -1.32. The van der Waals surface area contributed by atoms with Gasteiger partial charge in [-0.1, -0.05) is 54.6 Å². The molecule has 0 saturated carbocycles. The van der Waals surface area contributed by atoms with E-state index < -0.39 is 62.6 Å². The SMILES string of the molecule is COc1ccc2c(c1)[C@]1(O[C@@H](CCn3cc(C(CO)c4ccccc4)nn3)[C@H]([Si](C)(C)O)[C@H]1C)C(=O)N2Cc1ccc(NC(=O)[C@H]2O[C@@H](O)[C@H](O)[C@@H](O)[C@@H]2O)cc1. The Bertz CT molecular complexity index is 2060. The third kappa shape index (κ3) is 7.50. The van der Waals surface area contributed by atoms with E-state index in [4.69, 9.17) is 14.2 Å². The molecule has 1 spiro atoms. The number of aryl methyl sites for hydroxylation is 1. The van der Waals surface area contributed by atoms with Gasteiger partial charge in [-0.25, -0.2) is 0 Å². The van der Waals surface area contributed by atoms with Crippen LogP contribution in [0.5, 0.6) is 5.75 Å². The lowest BCUT2D eigenvalue weighted by molar-refractivity contribution is -0.274. The maximum Gasteiger partial charge on any atom is 0.264 e. The van der Waals surface area contributed by atoms with Crippen LogP contribution in [-0.4, -0.2) is 116 Å². The monoisotopic (exact) mass is 803 g/mol. The fourth-order valence-corrected chi connectivity index (χ4v) is 11.3. The summed E-state index contributed by atoms with van der Waals surface area (Å²) in [5, 5.41) is 61.3. The number of hydrogen-bond donors (Lipinski definition) is 7. The number of amides is 2. The van der Waals surface area contributed by atoms with Crippen molar-refractivity contribution in [1.82, 2.24) is 15.0 Å². The number of benzene rings is 3. The zero-order valence-electron chi connectivity index (χ0n) is 32.0. The van der Waals surface area contributed by atoms with Gasteiger partial charge in [0, 0.05) is 35.5 Å². The second-order valence-corrected chi connectivity index (χ2v) is 19.6. The lowest BCUT2D eigenvalue weighted by Crippen LogP contribution is -2.60. The van der Waals surface area contributed by atoms with Crippen molar-refractivity contribution in [1.29, 1.82) is 0 Å². The summed E-state index contributed by atoms with van der Waals surface area (Å²) in [7, 11) is -1.41. The predicted molar refractivity (Wildman–Crippen MR) is 207 cm³/mol. The number of carbonyl (C=O) groups excluding carboxylic acids is 2. The van der Waals surface area contributed by atoms with Crippen molar-refractivity contribution in [3.8, 4) is 5.75 Å². The number of nitrogens with zero attached hydrogens (tertiary/aromatic N) is 4. The largest absolute Gasteiger partial charge is 0.497 e. The maximum absolute atomic E-state index is 14.9. The summed E-state index contributed by atoms with van der Waals surface area (Å²) in [6, 6.07) is 21.7. The molecule has 2 fully saturated rings. The van der Waals surface area contributed by atoms with Crippen molar-refractivity contribution in [2.45, 2.75) is 93.4 Å². The Hall–Kier alpha value is -4.56. The van der Waals surface area contributed by atoms with Gasteiger partial charge in [-0.3, -0.25) is 14.3 Å². The van der Waals surface area contributed by atoms with E-state index in [2.05, 4.69) is 15.6 Å². The molecule has 7 rings (SSSR count). The van der Waals surface area contributed by atoms with Crippen molar-refractivity contribution in [3.05, 3.63) is 101 Å². The van der Waals surface area contributed by atoms with Gasteiger partial charge in [0.25, 0.3) is 11.8 Å². The van der Waals surface area contributed by atoms with Crippen LogP contribution in [0.2, 0.25) is 18.6 Å². The molecule has 3 aromatic carbocycles. The molecule has 4 aromatic rings. The maximum atomic E-state index is 14.9. The standard InChI is InChI=1S/C40H49N5O11Si/c1-22-36(57(3,4)53)31(16-17-44-20-29(42-43-44)27(21-46)24-8-6-5-7-9-24)56-40(22)28-18-26(54-2)14-15-30(28)45(39(40)52)19-23-10-12-25(13-11-23)41-37(50)35-33(48)32(47)34(49)38(51)55-35/h5-15,18,20,22,27,31-36,38,46-49,51,53H,16-17,19,21H2,1-4H3,(H,41,50)/t22-,27?,31+,32+,33+,34-,35+,36-,38-,40+/m1/s1. The van der Waals surface area contributed by atoms with Gasteiger partial charge in [-0.15, -0.1) is 5.10 Å². The van der Waals surface area contributed by atoms with E-state index >= 15 is 0 Å². The number of fused-ring (bicyclic) bond motifs is 2. The normalized spacial score (nSPS) is 29.1. The minimum Gasteiger partial charge on any atom is -0.497 e. The van der Waals surface area contributed by atoms with Crippen molar-refractivity contribution >= 4 is 31.5 Å². The number of methoxy groups -OCH3 is 1. The van der Waals surface area contributed by atoms with E-state index in [9.17, 15) is 39.9 Å². The Balaban J connectivity index is 1.11. The first kappa shape index (κ1) is 40.6. The van der Waals surface area contributed by atoms with E-state index in [0.29, 0.717) is 41.3 Å². The molecule has 2 saturated heterocycles. The van der Waals surface area contributed by atoms with E-state index in [-0.39, 0.29) is 30.5 Å². The van der Waals surface area contributed by atoms with Gasteiger partial charge < -0.3 is 54.8 Å². The highest BCUT2D eigenvalue weighted by Crippen LogP contribution is 2.60. The van der Waals surface area contributed by atoms with E-state index in [1.165, 1.54) is 0 Å². The van der Waals surface area contributed by atoms with Crippen molar-refractivity contribution in [3.63, 3.8) is 0 Å². The summed E-state index contributed by atoms with van der Waals surface area (Å²) in [6.45, 7) is 6.10. The first-order chi connectivity index (χ1) is 27.2. The molecule has 3 aliphatic rings. The highest BCUT2D eigenvalue weighted by Gasteiger charge is 2.66. The van der Waals surface area contributed by atoms with Gasteiger partial charge in [0.2, 0.25) is 0 Å².